The van der Waals surface area contributed by atoms with E-state index in [-0.39, 0.29) is 43.3 Å². The van der Waals surface area contributed by atoms with Crippen molar-refractivity contribution in [3.8, 4) is 5.75 Å². The van der Waals surface area contributed by atoms with Crippen molar-refractivity contribution in [1.29, 1.82) is 0 Å². The molecule has 0 spiro atoms. The van der Waals surface area contributed by atoms with E-state index in [0.29, 0.717) is 17.7 Å². The topological polar surface area (TPSA) is 72.0 Å². The van der Waals surface area contributed by atoms with Gasteiger partial charge in [0.15, 0.2) is 0 Å². The highest BCUT2D eigenvalue weighted by Crippen LogP contribution is 2.23. The van der Waals surface area contributed by atoms with E-state index in [2.05, 4.69) is 9.72 Å². The van der Waals surface area contributed by atoms with Crippen LogP contribution in [0.5, 0.6) is 5.75 Å². The Bertz CT molecular complexity index is 920. The molecule has 172 valence electrons. The zero-order chi connectivity index (χ0) is 23.3. The first-order valence-corrected chi connectivity index (χ1v) is 10.1. The molecule has 1 atom stereocenters. The predicted molar refractivity (Wildman–Crippen MR) is 109 cm³/mol. The summed E-state index contributed by atoms with van der Waals surface area (Å²) >= 11 is 0. The maximum Gasteiger partial charge on any atom is 0.573 e. The third-order valence-corrected chi connectivity index (χ3v) is 4.93. The Morgan fingerprint density at radius 1 is 1.19 bits per heavy atom. The van der Waals surface area contributed by atoms with Gasteiger partial charge in [-0.2, -0.15) is 0 Å². The van der Waals surface area contributed by atoms with Crippen molar-refractivity contribution in [2.24, 2.45) is 0 Å². The van der Waals surface area contributed by atoms with Crippen LogP contribution in [0, 0.1) is 0 Å². The second kappa shape index (κ2) is 9.99. The molecule has 2 aromatic rings. The number of aromatic nitrogens is 1. The van der Waals surface area contributed by atoms with Gasteiger partial charge in [0, 0.05) is 31.5 Å². The fraction of sp³-hybridized carbons (Fsp3) is 0.409. The van der Waals surface area contributed by atoms with Crippen LogP contribution < -0.4 is 4.74 Å². The van der Waals surface area contributed by atoms with E-state index in [1.807, 2.05) is 13.8 Å². The number of carbonyl (C=O) groups excluding carboxylic acids is 2. The number of halogens is 3. The van der Waals surface area contributed by atoms with Gasteiger partial charge in [-0.15, -0.1) is 13.2 Å². The summed E-state index contributed by atoms with van der Waals surface area (Å²) in [5.74, 6) is -0.822. The molecule has 1 fully saturated rings. The van der Waals surface area contributed by atoms with Gasteiger partial charge in [0.25, 0.3) is 5.91 Å². The van der Waals surface area contributed by atoms with Crippen molar-refractivity contribution in [2.45, 2.75) is 39.0 Å². The van der Waals surface area contributed by atoms with Crippen LogP contribution in [0.1, 0.15) is 29.8 Å². The Hall–Kier alpha value is -3.14. The van der Waals surface area contributed by atoms with E-state index in [0.717, 1.165) is 0 Å². The number of hydrogen-bond acceptors (Lipinski definition) is 5. The fourth-order valence-corrected chi connectivity index (χ4v) is 3.38. The van der Waals surface area contributed by atoms with E-state index in [9.17, 15) is 22.8 Å². The Balaban J connectivity index is 1.70. The molecule has 0 radical (unpaired) electrons. The van der Waals surface area contributed by atoms with Crippen molar-refractivity contribution in [3.05, 3.63) is 59.9 Å². The van der Waals surface area contributed by atoms with Gasteiger partial charge in [-0.3, -0.25) is 14.6 Å². The first kappa shape index (κ1) is 23.5. The van der Waals surface area contributed by atoms with E-state index < -0.39 is 12.5 Å². The summed E-state index contributed by atoms with van der Waals surface area (Å²) in [6.07, 6.45) is -2.23. The molecule has 32 heavy (non-hydrogen) atoms. The van der Waals surface area contributed by atoms with Gasteiger partial charge < -0.3 is 19.3 Å². The third kappa shape index (κ3) is 6.43. The molecular formula is C22H24F3N3O4. The lowest BCUT2D eigenvalue weighted by Gasteiger charge is -2.27. The van der Waals surface area contributed by atoms with Crippen LogP contribution in [0.4, 0.5) is 13.2 Å². The number of benzene rings is 1. The van der Waals surface area contributed by atoms with E-state index in [4.69, 9.17) is 4.74 Å². The van der Waals surface area contributed by atoms with Gasteiger partial charge in [-0.25, -0.2) is 0 Å². The number of amides is 2. The van der Waals surface area contributed by atoms with Crippen LogP contribution >= 0.6 is 0 Å². The lowest BCUT2D eigenvalue weighted by Crippen LogP contribution is -2.42. The molecule has 1 aliphatic rings. The zero-order valence-electron chi connectivity index (χ0n) is 17.7. The highest BCUT2D eigenvalue weighted by atomic mass is 19.4. The average Bonchev–Trinajstić information content (AvgIpc) is 2.91. The molecule has 3 rings (SSSR count). The minimum absolute atomic E-state index is 0.0742. The number of hydrogen-bond donors (Lipinski definition) is 0. The van der Waals surface area contributed by atoms with Gasteiger partial charge in [0.05, 0.1) is 18.3 Å². The van der Waals surface area contributed by atoms with E-state index >= 15 is 0 Å². The minimum Gasteiger partial charge on any atom is -0.406 e. The maximum absolute atomic E-state index is 12.9. The summed E-state index contributed by atoms with van der Waals surface area (Å²) in [6, 6.07) is 8.56. The van der Waals surface area contributed by atoms with E-state index in [1.54, 1.807) is 23.2 Å². The smallest absolute Gasteiger partial charge is 0.406 e. The minimum atomic E-state index is -4.75. The van der Waals surface area contributed by atoms with Gasteiger partial charge in [0.1, 0.15) is 12.3 Å². The Morgan fingerprint density at radius 2 is 1.91 bits per heavy atom. The standard InChI is InChI=1S/C22H24F3N3O4/c1-15(2)28-12-19(31-14-16-5-7-18(8-6-16)32-22(23,24)25)11-27(13-20(28)29)21(30)17-4-3-9-26-10-17/h3-10,15,19H,11-14H2,1-2H3/t19-/m0/s1. The Labute approximate surface area is 183 Å². The molecular weight excluding hydrogens is 427 g/mol. The molecule has 1 saturated heterocycles. The maximum atomic E-state index is 12.9. The molecule has 1 aromatic carbocycles. The summed E-state index contributed by atoms with van der Waals surface area (Å²) in [5, 5.41) is 0. The van der Waals surface area contributed by atoms with Crippen LogP contribution in [-0.4, -0.2) is 64.7 Å². The zero-order valence-corrected chi connectivity index (χ0v) is 17.7. The molecule has 0 unspecified atom stereocenters. The predicted octanol–water partition coefficient (Wildman–Crippen LogP) is 3.26. The molecule has 1 aliphatic heterocycles. The van der Waals surface area contributed by atoms with Crippen molar-refractivity contribution in [3.63, 3.8) is 0 Å². The molecule has 7 nitrogen and oxygen atoms in total. The summed E-state index contributed by atoms with van der Waals surface area (Å²) < 4.78 is 46.8. The first-order chi connectivity index (χ1) is 15.1. The van der Waals surface area contributed by atoms with Crippen LogP contribution in [0.3, 0.4) is 0 Å². The van der Waals surface area contributed by atoms with Crippen molar-refractivity contribution < 1.29 is 32.2 Å². The monoisotopic (exact) mass is 451 g/mol. The van der Waals surface area contributed by atoms with Crippen LogP contribution in [0.25, 0.3) is 0 Å². The number of alkyl halides is 3. The first-order valence-electron chi connectivity index (χ1n) is 10.1. The summed E-state index contributed by atoms with van der Waals surface area (Å²) in [5.41, 5.74) is 1.01. The quantitative estimate of drug-likeness (QED) is 0.674. The number of carbonyl (C=O) groups is 2. The number of pyridine rings is 1. The van der Waals surface area contributed by atoms with Crippen LogP contribution in [-0.2, 0) is 16.1 Å². The van der Waals surface area contributed by atoms with Crippen molar-refractivity contribution in [2.75, 3.05) is 19.6 Å². The molecule has 0 bridgehead atoms. The normalized spacial score (nSPS) is 17.4. The van der Waals surface area contributed by atoms with Crippen molar-refractivity contribution in [1.82, 2.24) is 14.8 Å². The highest BCUT2D eigenvalue weighted by Gasteiger charge is 2.33. The Kier molecular flexibility index (Phi) is 7.34. The van der Waals surface area contributed by atoms with E-state index in [1.165, 1.54) is 35.4 Å². The van der Waals surface area contributed by atoms with Crippen molar-refractivity contribution >= 4 is 11.8 Å². The van der Waals surface area contributed by atoms with Crippen LogP contribution in [0.15, 0.2) is 48.8 Å². The number of ether oxygens (including phenoxy) is 2. The second-order valence-electron chi connectivity index (χ2n) is 7.69. The van der Waals surface area contributed by atoms with Gasteiger partial charge in [0.2, 0.25) is 5.91 Å². The number of rotatable bonds is 6. The fourth-order valence-electron chi connectivity index (χ4n) is 3.38. The third-order valence-electron chi connectivity index (χ3n) is 4.93. The molecule has 0 aliphatic carbocycles. The molecule has 10 heteroatoms. The SMILES string of the molecule is CC(C)N1C[C@@H](OCc2ccc(OC(F)(F)F)cc2)CN(C(=O)c2cccnc2)CC1=O. The summed E-state index contributed by atoms with van der Waals surface area (Å²) in [7, 11) is 0. The number of nitrogens with zero attached hydrogens (tertiary/aromatic N) is 3. The molecule has 1 aromatic heterocycles. The molecule has 2 amide bonds. The van der Waals surface area contributed by atoms with Crippen LogP contribution in [0.2, 0.25) is 0 Å². The molecule has 2 heterocycles. The molecule has 0 saturated carbocycles. The lowest BCUT2D eigenvalue weighted by molar-refractivity contribution is -0.274. The summed E-state index contributed by atoms with van der Waals surface area (Å²) in [4.78, 5) is 32.7. The largest absolute Gasteiger partial charge is 0.573 e. The lowest BCUT2D eigenvalue weighted by atomic mass is 10.2. The molecule has 0 N–H and O–H groups in total. The second-order valence-corrected chi connectivity index (χ2v) is 7.69. The summed E-state index contributed by atoms with van der Waals surface area (Å²) in [6.45, 7) is 4.28. The van der Waals surface area contributed by atoms with Gasteiger partial charge in [-0.1, -0.05) is 12.1 Å². The highest BCUT2D eigenvalue weighted by molar-refractivity contribution is 5.96. The van der Waals surface area contributed by atoms with Gasteiger partial charge >= 0.3 is 6.36 Å². The Morgan fingerprint density at radius 3 is 2.50 bits per heavy atom. The average molecular weight is 451 g/mol. The van der Waals surface area contributed by atoms with Gasteiger partial charge in [-0.05, 0) is 43.7 Å².